The second-order valence-corrected chi connectivity index (χ2v) is 16.0. The molecular formula is C43H64N6O9. The van der Waals surface area contributed by atoms with E-state index in [9.17, 15) is 38.7 Å². The Kier molecular flexibility index (Phi) is 17.7. The number of cyclic esters (lactones) is 1. The highest BCUT2D eigenvalue weighted by molar-refractivity contribution is 5.98. The van der Waals surface area contributed by atoms with Crippen molar-refractivity contribution in [2.24, 2.45) is 17.8 Å². The Bertz CT molecular complexity index is 1710. The van der Waals surface area contributed by atoms with Crippen LogP contribution in [-0.4, -0.2) is 119 Å². The van der Waals surface area contributed by atoms with Crippen LogP contribution in [0.15, 0.2) is 53.6 Å². The molecule has 1 saturated carbocycles. The predicted octanol–water partition coefficient (Wildman–Crippen LogP) is 2.17. The van der Waals surface area contributed by atoms with Crippen molar-refractivity contribution in [3.8, 4) is 0 Å². The topological polar surface area (TPSA) is 204 Å². The van der Waals surface area contributed by atoms with E-state index in [1.807, 2.05) is 25.1 Å². The lowest BCUT2D eigenvalue weighted by Gasteiger charge is -2.33. The summed E-state index contributed by atoms with van der Waals surface area (Å²) in [5.41, 5.74) is 1.68. The highest BCUT2D eigenvalue weighted by Crippen LogP contribution is 2.33. The summed E-state index contributed by atoms with van der Waals surface area (Å²) in [6.45, 7) is 13.0. The fourth-order valence-corrected chi connectivity index (χ4v) is 6.78. The summed E-state index contributed by atoms with van der Waals surface area (Å²) in [7, 11) is 2.88. The summed E-state index contributed by atoms with van der Waals surface area (Å²) < 4.78 is 5.87. The van der Waals surface area contributed by atoms with Gasteiger partial charge in [-0.15, -0.1) is 0 Å². The molecule has 15 heteroatoms. The fourth-order valence-electron chi connectivity index (χ4n) is 6.78. The molecule has 1 aromatic rings. The van der Waals surface area contributed by atoms with Crippen LogP contribution in [0.5, 0.6) is 0 Å². The zero-order valence-electron chi connectivity index (χ0n) is 35.7. The molecule has 58 heavy (non-hydrogen) atoms. The van der Waals surface area contributed by atoms with Gasteiger partial charge in [0.15, 0.2) is 0 Å². The quantitative estimate of drug-likeness (QED) is 0.211. The summed E-state index contributed by atoms with van der Waals surface area (Å²) in [6, 6.07) is 3.78. The molecule has 0 bridgehead atoms. The number of carbonyl (C=O) groups is 7. The van der Waals surface area contributed by atoms with E-state index in [4.69, 9.17) is 4.74 Å². The monoisotopic (exact) mass is 808 g/mol. The van der Waals surface area contributed by atoms with Crippen LogP contribution in [0.1, 0.15) is 86.6 Å². The fraction of sp³-hybridized carbons (Fsp3) is 0.605. The molecule has 0 spiro atoms. The van der Waals surface area contributed by atoms with Crippen LogP contribution in [-0.2, 0) is 44.7 Å². The van der Waals surface area contributed by atoms with Gasteiger partial charge in [-0.2, -0.15) is 0 Å². The van der Waals surface area contributed by atoms with E-state index in [1.54, 1.807) is 58.9 Å². The number of likely N-dealkylation sites (N-methyl/N-ethyl adjacent to an activating group) is 2. The van der Waals surface area contributed by atoms with Crippen LogP contribution in [0.4, 0.5) is 0 Å². The maximum Gasteiger partial charge on any atom is 0.328 e. The number of nitrogens with one attached hydrogen (secondary N) is 4. The molecule has 320 valence electrons. The Morgan fingerprint density at radius 3 is 2.12 bits per heavy atom. The first-order valence-corrected chi connectivity index (χ1v) is 20.3. The average molecular weight is 809 g/mol. The molecule has 0 aromatic heterocycles. The third-order valence-corrected chi connectivity index (χ3v) is 11.3. The zero-order valence-corrected chi connectivity index (χ0v) is 35.7. The third kappa shape index (κ3) is 13.0. The summed E-state index contributed by atoms with van der Waals surface area (Å²) >= 11 is 0. The lowest BCUT2D eigenvalue weighted by Crippen LogP contribution is -2.58. The van der Waals surface area contributed by atoms with Gasteiger partial charge >= 0.3 is 5.97 Å². The van der Waals surface area contributed by atoms with Crippen molar-refractivity contribution in [3.05, 3.63) is 59.2 Å². The molecule has 2 aliphatic rings. The molecule has 9 atom stereocenters. The average Bonchev–Trinajstić information content (AvgIpc) is 4.05. The number of aliphatic hydroxyl groups excluding tert-OH is 1. The SMILES string of the molecule is C/C=C(\C)[C@H]1OC(=O)[C@@H](C)NC(=O)C(C(C)CC)NC(=O)CN(C)C(=O)[C@@H](Cc2ccccc2)N(C)C(=O)[C@H](C)NC(=O)C(C2CC2)NC(=O)/C(C)=C/C[C@H](O)[C@@H]1C. The highest BCUT2D eigenvalue weighted by atomic mass is 16.5. The van der Waals surface area contributed by atoms with Gasteiger partial charge in [0.25, 0.3) is 0 Å². The Morgan fingerprint density at radius 1 is 0.914 bits per heavy atom. The molecule has 3 unspecified atom stereocenters. The molecule has 1 heterocycles. The van der Waals surface area contributed by atoms with Crippen LogP contribution in [0, 0.1) is 17.8 Å². The van der Waals surface area contributed by atoms with E-state index >= 15 is 0 Å². The number of benzene rings is 1. The molecule has 1 aromatic carbocycles. The number of nitrogens with zero attached hydrogens (tertiary/aromatic N) is 2. The van der Waals surface area contributed by atoms with Gasteiger partial charge < -0.3 is 40.9 Å². The van der Waals surface area contributed by atoms with E-state index in [0.29, 0.717) is 24.8 Å². The van der Waals surface area contributed by atoms with Crippen molar-refractivity contribution in [2.75, 3.05) is 20.6 Å². The molecule has 6 amide bonds. The van der Waals surface area contributed by atoms with Crippen LogP contribution in [0.2, 0.25) is 0 Å². The molecule has 1 aliphatic heterocycles. The number of rotatable bonds is 6. The van der Waals surface area contributed by atoms with Crippen molar-refractivity contribution in [1.82, 2.24) is 31.1 Å². The largest absolute Gasteiger partial charge is 0.456 e. The van der Waals surface area contributed by atoms with E-state index in [1.165, 1.54) is 37.7 Å². The normalized spacial score (nSPS) is 30.3. The molecule has 0 radical (unpaired) electrons. The van der Waals surface area contributed by atoms with Crippen LogP contribution < -0.4 is 21.3 Å². The van der Waals surface area contributed by atoms with E-state index in [2.05, 4.69) is 21.3 Å². The first kappa shape index (κ1) is 47.3. The van der Waals surface area contributed by atoms with Crippen molar-refractivity contribution in [3.63, 3.8) is 0 Å². The number of allylic oxidation sites excluding steroid dienone is 1. The Morgan fingerprint density at radius 2 is 1.53 bits per heavy atom. The van der Waals surface area contributed by atoms with Crippen molar-refractivity contribution >= 4 is 41.4 Å². The van der Waals surface area contributed by atoms with E-state index < -0.39 is 96.3 Å². The first-order chi connectivity index (χ1) is 27.3. The number of hydrogen-bond acceptors (Lipinski definition) is 9. The highest BCUT2D eigenvalue weighted by Gasteiger charge is 2.40. The van der Waals surface area contributed by atoms with Gasteiger partial charge in [-0.1, -0.05) is 69.7 Å². The predicted molar refractivity (Wildman–Crippen MR) is 218 cm³/mol. The first-order valence-electron chi connectivity index (χ1n) is 20.3. The Labute approximate surface area is 342 Å². The summed E-state index contributed by atoms with van der Waals surface area (Å²) in [6.07, 6.45) is 3.44. The lowest BCUT2D eigenvalue weighted by molar-refractivity contribution is -0.155. The van der Waals surface area contributed by atoms with Gasteiger partial charge in [0.05, 0.1) is 12.6 Å². The van der Waals surface area contributed by atoms with Gasteiger partial charge in [-0.25, -0.2) is 4.79 Å². The Hall–Kier alpha value is -5.05. The minimum atomic E-state index is -1.13. The lowest BCUT2D eigenvalue weighted by atomic mass is 9.90. The third-order valence-electron chi connectivity index (χ3n) is 11.3. The molecule has 3 rings (SSSR count). The van der Waals surface area contributed by atoms with Gasteiger partial charge in [0.2, 0.25) is 35.4 Å². The number of carbonyl (C=O) groups excluding carboxylic acids is 7. The second kappa shape index (κ2) is 21.6. The maximum absolute atomic E-state index is 14.1. The van der Waals surface area contributed by atoms with Crippen molar-refractivity contribution in [1.29, 1.82) is 0 Å². The Balaban J connectivity index is 2.02. The second-order valence-electron chi connectivity index (χ2n) is 16.0. The minimum Gasteiger partial charge on any atom is -0.456 e. The summed E-state index contributed by atoms with van der Waals surface area (Å²) in [5, 5.41) is 22.1. The smallest absolute Gasteiger partial charge is 0.328 e. The molecule has 0 saturated heterocycles. The summed E-state index contributed by atoms with van der Waals surface area (Å²) in [5.74, 6) is -5.31. The molecule has 1 fully saturated rings. The van der Waals surface area contributed by atoms with Gasteiger partial charge in [-0.3, -0.25) is 28.8 Å². The van der Waals surface area contributed by atoms with Crippen LogP contribution in [0.25, 0.3) is 0 Å². The van der Waals surface area contributed by atoms with Crippen LogP contribution >= 0.6 is 0 Å². The van der Waals surface area contributed by atoms with Gasteiger partial charge in [-0.05, 0) is 76.9 Å². The standard InChI is InChI=1S/C43H64N6O9/c1-11-24(3)35-39(53)45-29(8)43(57)58-37(25(4)12-2)27(6)33(50)21-18-26(5)38(52)47-36(31-19-20-31)40(54)44-28(7)41(55)49(10)32(22-30-16-14-13-15-17-30)42(56)48(9)23-34(51)46-35/h12-18,24,27-29,31-33,35-37,50H,11,19-23H2,1-10H3,(H,44,54)(H,45,53)(H,46,51)(H,47,52)/b25-12+,26-18+/t24?,27-,28-,29+,32+,33-,35?,36?,37+/m0/s1. The zero-order chi connectivity index (χ0) is 43.4. The minimum absolute atomic E-state index is 0.0320. The molecular weight excluding hydrogens is 745 g/mol. The van der Waals surface area contributed by atoms with E-state index in [0.717, 1.165) is 5.56 Å². The number of aliphatic hydroxyl groups is 1. The van der Waals surface area contributed by atoms with Crippen molar-refractivity contribution in [2.45, 2.75) is 130 Å². The van der Waals surface area contributed by atoms with Gasteiger partial charge in [0, 0.05) is 32.0 Å². The van der Waals surface area contributed by atoms with Crippen LogP contribution in [0.3, 0.4) is 0 Å². The van der Waals surface area contributed by atoms with Gasteiger partial charge in [0.1, 0.15) is 36.3 Å². The van der Waals surface area contributed by atoms with Crippen molar-refractivity contribution < 1.29 is 43.4 Å². The number of ether oxygens (including phenoxy) is 1. The molecule has 1 aliphatic carbocycles. The number of amides is 6. The molecule has 5 N–H and O–H groups in total. The number of esters is 1. The maximum atomic E-state index is 14.1. The molecule has 15 nitrogen and oxygen atoms in total. The summed E-state index contributed by atoms with van der Waals surface area (Å²) in [4.78, 5) is 98.0. The number of hydrogen-bond donors (Lipinski definition) is 5. The van der Waals surface area contributed by atoms with E-state index in [-0.39, 0.29) is 30.3 Å².